The summed E-state index contributed by atoms with van der Waals surface area (Å²) in [5, 5.41) is 2.80. The second kappa shape index (κ2) is 9.13. The van der Waals surface area contributed by atoms with Gasteiger partial charge < -0.3 is 10.1 Å². The monoisotopic (exact) mass is 458 g/mol. The lowest BCUT2D eigenvalue weighted by Crippen LogP contribution is -2.33. The summed E-state index contributed by atoms with van der Waals surface area (Å²) in [5.41, 5.74) is 0.292. The normalized spacial score (nSPS) is 11.6. The van der Waals surface area contributed by atoms with Crippen molar-refractivity contribution < 1.29 is 22.7 Å². The number of nitrogens with one attached hydrogen (secondary N) is 1. The molecule has 2 aromatic rings. The lowest BCUT2D eigenvalue weighted by molar-refractivity contribution is 0.0600. The van der Waals surface area contributed by atoms with E-state index in [2.05, 4.69) is 10.1 Å². The van der Waals surface area contributed by atoms with Crippen LogP contribution in [0, 0.1) is 0 Å². The van der Waals surface area contributed by atoms with Crippen LogP contribution in [0.4, 0.5) is 5.69 Å². The van der Waals surface area contributed by atoms with E-state index < -0.39 is 21.9 Å². The summed E-state index contributed by atoms with van der Waals surface area (Å²) in [5.74, 6) is -1.27. The molecule has 0 atom stereocenters. The van der Waals surface area contributed by atoms with Crippen molar-refractivity contribution >= 4 is 50.8 Å². The Kier molecular flexibility index (Phi) is 7.29. The SMILES string of the molecule is COC(=O)c1ccc(Cl)c(NC(=O)c2cc(S(=O)(=O)N(C)C(C)C)ccc2Cl)c1. The molecule has 0 heterocycles. The molecule has 29 heavy (non-hydrogen) atoms. The van der Waals surface area contributed by atoms with Crippen LogP contribution in [0.3, 0.4) is 0 Å². The third kappa shape index (κ3) is 5.08. The highest BCUT2D eigenvalue weighted by Crippen LogP contribution is 2.27. The molecule has 156 valence electrons. The molecule has 2 rings (SSSR count). The topological polar surface area (TPSA) is 92.8 Å². The highest BCUT2D eigenvalue weighted by Gasteiger charge is 2.25. The molecular weight excluding hydrogens is 439 g/mol. The number of sulfonamides is 1. The molecule has 7 nitrogen and oxygen atoms in total. The molecule has 0 aromatic heterocycles. The summed E-state index contributed by atoms with van der Waals surface area (Å²) in [4.78, 5) is 24.4. The molecule has 10 heteroatoms. The van der Waals surface area contributed by atoms with Crippen LogP contribution in [0.15, 0.2) is 41.3 Å². The van der Waals surface area contributed by atoms with Gasteiger partial charge in [-0.05, 0) is 50.2 Å². The lowest BCUT2D eigenvalue weighted by Gasteiger charge is -2.21. The number of nitrogens with zero attached hydrogens (tertiary/aromatic N) is 1. The Hall–Kier alpha value is -2.13. The van der Waals surface area contributed by atoms with Crippen molar-refractivity contribution in [2.24, 2.45) is 0 Å². The van der Waals surface area contributed by atoms with Gasteiger partial charge in [0.2, 0.25) is 10.0 Å². The molecule has 0 saturated carbocycles. The molecule has 0 spiro atoms. The average Bonchev–Trinajstić information content (AvgIpc) is 2.68. The van der Waals surface area contributed by atoms with Gasteiger partial charge in [-0.1, -0.05) is 23.2 Å². The van der Waals surface area contributed by atoms with Crippen molar-refractivity contribution in [1.82, 2.24) is 4.31 Å². The summed E-state index contributed by atoms with van der Waals surface area (Å²) in [6.45, 7) is 3.47. The number of benzene rings is 2. The van der Waals surface area contributed by atoms with Crippen LogP contribution in [-0.4, -0.2) is 44.8 Å². The predicted molar refractivity (Wildman–Crippen MR) is 112 cm³/mol. The van der Waals surface area contributed by atoms with Crippen LogP contribution in [-0.2, 0) is 14.8 Å². The van der Waals surface area contributed by atoms with E-state index in [1.807, 2.05) is 0 Å². The van der Waals surface area contributed by atoms with E-state index in [1.54, 1.807) is 13.8 Å². The number of methoxy groups -OCH3 is 1. The number of carbonyl (C=O) groups is 2. The molecule has 0 fully saturated rings. The zero-order valence-corrected chi connectivity index (χ0v) is 18.5. The zero-order chi connectivity index (χ0) is 21.9. The lowest BCUT2D eigenvalue weighted by atomic mass is 10.1. The number of carbonyl (C=O) groups excluding carboxylic acids is 2. The average molecular weight is 459 g/mol. The molecular formula is C19H20Cl2N2O5S. The van der Waals surface area contributed by atoms with Crippen molar-refractivity contribution in [3.8, 4) is 0 Å². The first kappa shape index (κ1) is 23.2. The Bertz CT molecular complexity index is 1050. The number of amides is 1. The number of anilines is 1. The number of halogens is 2. The molecule has 0 bridgehead atoms. The van der Waals surface area contributed by atoms with Crippen molar-refractivity contribution in [3.05, 3.63) is 57.6 Å². The fourth-order valence-electron chi connectivity index (χ4n) is 2.34. The highest BCUT2D eigenvalue weighted by molar-refractivity contribution is 7.89. The second-order valence-electron chi connectivity index (χ2n) is 6.40. The standard InChI is InChI=1S/C19H20Cl2N2O5S/c1-11(2)23(3)29(26,27)13-6-8-15(20)14(10-13)18(24)22-17-9-12(19(25)28-4)5-7-16(17)21/h5-11H,1-4H3,(H,22,24). The number of rotatable bonds is 6. The third-order valence-corrected chi connectivity index (χ3v) is 6.91. The van der Waals surface area contributed by atoms with Gasteiger partial charge in [0.05, 0.1) is 38.9 Å². The minimum absolute atomic E-state index is 0.0514. The summed E-state index contributed by atoms with van der Waals surface area (Å²) in [6.07, 6.45) is 0. The fourth-order valence-corrected chi connectivity index (χ4v) is 4.10. The van der Waals surface area contributed by atoms with Crippen LogP contribution in [0.1, 0.15) is 34.6 Å². The van der Waals surface area contributed by atoms with Crippen molar-refractivity contribution in [3.63, 3.8) is 0 Å². The van der Waals surface area contributed by atoms with Crippen molar-refractivity contribution in [1.29, 1.82) is 0 Å². The van der Waals surface area contributed by atoms with Crippen LogP contribution in [0.2, 0.25) is 10.0 Å². The molecule has 0 radical (unpaired) electrons. The summed E-state index contributed by atoms with van der Waals surface area (Å²) >= 11 is 12.2. The smallest absolute Gasteiger partial charge is 0.337 e. The first-order valence-electron chi connectivity index (χ1n) is 8.45. The van der Waals surface area contributed by atoms with E-state index in [-0.39, 0.29) is 37.8 Å². The Morgan fingerprint density at radius 1 is 1.07 bits per heavy atom. The van der Waals surface area contributed by atoms with Crippen LogP contribution in [0.5, 0.6) is 0 Å². The van der Waals surface area contributed by atoms with Crippen LogP contribution >= 0.6 is 23.2 Å². The van der Waals surface area contributed by atoms with E-state index in [4.69, 9.17) is 23.2 Å². The van der Waals surface area contributed by atoms with E-state index in [1.165, 1.54) is 54.9 Å². The van der Waals surface area contributed by atoms with Gasteiger partial charge in [-0.2, -0.15) is 4.31 Å². The first-order valence-corrected chi connectivity index (χ1v) is 10.7. The Morgan fingerprint density at radius 3 is 2.28 bits per heavy atom. The third-order valence-electron chi connectivity index (χ3n) is 4.22. The molecule has 0 saturated heterocycles. The molecule has 1 amide bonds. The van der Waals surface area contributed by atoms with Crippen LogP contribution in [0.25, 0.3) is 0 Å². The van der Waals surface area contributed by atoms with E-state index in [0.29, 0.717) is 0 Å². The number of esters is 1. The van der Waals surface area contributed by atoms with E-state index in [0.717, 1.165) is 0 Å². The zero-order valence-electron chi connectivity index (χ0n) is 16.2. The van der Waals surface area contributed by atoms with Gasteiger partial charge in [-0.15, -0.1) is 0 Å². The maximum absolute atomic E-state index is 12.7. The molecule has 0 aliphatic carbocycles. The van der Waals surface area contributed by atoms with Gasteiger partial charge in [0.25, 0.3) is 5.91 Å². The van der Waals surface area contributed by atoms with Gasteiger partial charge in [0, 0.05) is 13.1 Å². The molecule has 0 unspecified atom stereocenters. The highest BCUT2D eigenvalue weighted by atomic mass is 35.5. The predicted octanol–water partition coefficient (Wildman–Crippen LogP) is 4.06. The number of hydrogen-bond acceptors (Lipinski definition) is 5. The largest absolute Gasteiger partial charge is 0.465 e. The molecule has 0 aliphatic heterocycles. The van der Waals surface area contributed by atoms with Crippen LogP contribution < -0.4 is 5.32 Å². The van der Waals surface area contributed by atoms with Crippen molar-refractivity contribution in [2.75, 3.05) is 19.5 Å². The Morgan fingerprint density at radius 2 is 1.69 bits per heavy atom. The van der Waals surface area contributed by atoms with Crippen molar-refractivity contribution in [2.45, 2.75) is 24.8 Å². The van der Waals surface area contributed by atoms with Gasteiger partial charge >= 0.3 is 5.97 Å². The summed E-state index contributed by atoms with van der Waals surface area (Å²) in [7, 11) is -1.12. The Balaban J connectivity index is 2.41. The summed E-state index contributed by atoms with van der Waals surface area (Å²) < 4.78 is 31.2. The minimum atomic E-state index is -3.81. The maximum atomic E-state index is 12.7. The van der Waals surface area contributed by atoms with Gasteiger partial charge in [0.15, 0.2) is 0 Å². The second-order valence-corrected chi connectivity index (χ2v) is 9.21. The van der Waals surface area contributed by atoms with Gasteiger partial charge in [0.1, 0.15) is 0 Å². The van der Waals surface area contributed by atoms with E-state index >= 15 is 0 Å². The molecule has 2 aromatic carbocycles. The maximum Gasteiger partial charge on any atom is 0.337 e. The number of ether oxygens (including phenoxy) is 1. The van der Waals surface area contributed by atoms with Gasteiger partial charge in [-0.3, -0.25) is 4.79 Å². The Labute approximate surface area is 179 Å². The molecule has 1 N–H and O–H groups in total. The minimum Gasteiger partial charge on any atom is -0.465 e. The fraction of sp³-hybridized carbons (Fsp3) is 0.263. The quantitative estimate of drug-likeness (QED) is 0.658. The molecule has 0 aliphatic rings. The van der Waals surface area contributed by atoms with Gasteiger partial charge in [-0.25, -0.2) is 13.2 Å². The first-order chi connectivity index (χ1) is 13.5. The van der Waals surface area contributed by atoms with E-state index in [9.17, 15) is 18.0 Å². The summed E-state index contributed by atoms with van der Waals surface area (Å²) in [6, 6.07) is 7.84. The number of hydrogen-bond donors (Lipinski definition) is 1.